The van der Waals surface area contributed by atoms with Crippen molar-refractivity contribution in [2.75, 3.05) is 12.0 Å². The molecule has 0 atom stereocenters. The van der Waals surface area contributed by atoms with Gasteiger partial charge in [-0.3, -0.25) is 4.79 Å². The molecule has 528 valence electrons. The number of amides is 1. The molecule has 0 spiro atoms. The van der Waals surface area contributed by atoms with Crippen LogP contribution < -0.4 is 14.6 Å². The van der Waals surface area contributed by atoms with Crippen LogP contribution in [0.3, 0.4) is 0 Å². The van der Waals surface area contributed by atoms with E-state index in [1.165, 1.54) is 55.6 Å². The number of nitrogens with one attached hydrogen (secondary N) is 1. The molecule has 2 N–H and O–H groups in total. The van der Waals surface area contributed by atoms with E-state index in [0.29, 0.717) is 30.0 Å². The number of benzene rings is 10. The van der Waals surface area contributed by atoms with E-state index >= 15 is 0 Å². The van der Waals surface area contributed by atoms with E-state index in [2.05, 4.69) is 355 Å². The van der Waals surface area contributed by atoms with Gasteiger partial charge in [-0.15, -0.1) is 5.10 Å². The van der Waals surface area contributed by atoms with Gasteiger partial charge in [0.05, 0.1) is 23.6 Å². The van der Waals surface area contributed by atoms with Gasteiger partial charge in [0.15, 0.2) is 24.8 Å². The summed E-state index contributed by atoms with van der Waals surface area (Å²) in [5.41, 5.74) is 21.1. The molecule has 0 aliphatic heterocycles. The van der Waals surface area contributed by atoms with Crippen LogP contribution in [0.1, 0.15) is 209 Å². The number of ether oxygens (including phenoxy) is 1. The Kier molecular flexibility index (Phi) is 20.5. The number of aryl methyl sites for hydroxylation is 1. The summed E-state index contributed by atoms with van der Waals surface area (Å²) in [6.45, 7) is 34.1. The molecule has 2 heterocycles. The van der Waals surface area contributed by atoms with E-state index < -0.39 is 10.8 Å². The topological polar surface area (TPSA) is 106 Å². The van der Waals surface area contributed by atoms with Crippen LogP contribution in [-0.2, 0) is 57.9 Å². The fourth-order valence-corrected chi connectivity index (χ4v) is 14.4. The van der Waals surface area contributed by atoms with Crippen molar-refractivity contribution in [2.24, 2.45) is 12.0 Å². The molecule has 10 aromatic carbocycles. The maximum atomic E-state index is 14.2. The molecule has 0 unspecified atom stereocenters. The Morgan fingerprint density at radius 2 is 0.769 bits per heavy atom. The standard InChI is InChI=1S/C95H100N6O3/c1-89(2,3)71-30-40-77(41-31-71)94(76-20-18-17-19-21-76,78-42-32-72(33-43-78)90(4,5)6)82-50-54-84(55-51-82)97-87(102)70-59-67(60-100(16)62-70)58-65-22-26-68(27-23-65)69-28-24-66(25-29-69)61-101-63-86(98-99-101)88(103)96-64-104-85-56-52-83(53-57-85)95(79-44-34-73(35-45-79)91(7,8)9,80-46-36-74(37-47-80)92(10,11)12)81-48-38-75(39-49-81)93(13,14)15/h17-57,59-60,62-63H,58,61,64H2,1-16H3,(H-,96,97,102,103)/p+1. The first-order valence-electron chi connectivity index (χ1n) is 36.4. The van der Waals surface area contributed by atoms with Crippen LogP contribution in [0.25, 0.3) is 11.1 Å². The van der Waals surface area contributed by atoms with Crippen LogP contribution in [0.5, 0.6) is 5.75 Å². The SMILES string of the molecule is C[n+]1cc(Cc2ccc(-c3ccc(Cn4cc(C(O)=NCOc5ccc(C(c6ccc(C(C)(C)C)cc6)(c6ccc(C(C)(C)C)cc6)c6ccc(C(C)(C)C)cc6)cc5)nn4)cc3)cc2)cc(C(=O)Nc2ccc(C(c3ccccc3)(c3ccc(C(C)(C)C)cc3)c3ccc(C(C)(C)C)cc3)cc2)c1. The molecule has 0 radical (unpaired) electrons. The van der Waals surface area contributed by atoms with E-state index in [1.807, 2.05) is 48.1 Å². The quantitative estimate of drug-likeness (QED) is 0.0363. The van der Waals surface area contributed by atoms with Crippen molar-refractivity contribution in [2.45, 2.75) is 155 Å². The predicted molar refractivity (Wildman–Crippen MR) is 427 cm³/mol. The smallest absolute Gasteiger partial charge is 0.261 e. The van der Waals surface area contributed by atoms with Gasteiger partial charge in [-0.2, -0.15) is 0 Å². The lowest BCUT2D eigenvalue weighted by atomic mass is 9.64. The predicted octanol–water partition coefficient (Wildman–Crippen LogP) is 21.3. The second-order valence-electron chi connectivity index (χ2n) is 33.3. The highest BCUT2D eigenvalue weighted by atomic mass is 16.5. The van der Waals surface area contributed by atoms with E-state index in [0.717, 1.165) is 44.5 Å². The number of aliphatic hydroxyl groups excluding tert-OH is 1. The van der Waals surface area contributed by atoms with Crippen LogP contribution in [0.15, 0.2) is 278 Å². The first-order valence-corrected chi connectivity index (χ1v) is 36.4. The van der Waals surface area contributed by atoms with Crippen molar-refractivity contribution in [3.8, 4) is 16.9 Å². The lowest BCUT2D eigenvalue weighted by Gasteiger charge is -2.38. The molecular weight excluding hydrogens is 1270 g/mol. The van der Waals surface area contributed by atoms with Gasteiger partial charge in [-0.05, 0) is 152 Å². The molecule has 9 heteroatoms. The number of hydrogen-bond donors (Lipinski definition) is 2. The van der Waals surface area contributed by atoms with Crippen LogP contribution in [0.2, 0.25) is 0 Å². The van der Waals surface area contributed by atoms with E-state index in [9.17, 15) is 9.90 Å². The van der Waals surface area contributed by atoms with Crippen molar-refractivity contribution in [1.82, 2.24) is 15.0 Å². The van der Waals surface area contributed by atoms with Gasteiger partial charge in [-0.1, -0.05) is 334 Å². The van der Waals surface area contributed by atoms with Crippen molar-refractivity contribution in [3.05, 3.63) is 374 Å². The summed E-state index contributed by atoms with van der Waals surface area (Å²) < 4.78 is 9.84. The molecule has 0 saturated heterocycles. The molecule has 9 nitrogen and oxygen atoms in total. The summed E-state index contributed by atoms with van der Waals surface area (Å²) in [5.74, 6) is 0.183. The zero-order chi connectivity index (χ0) is 74.0. The van der Waals surface area contributed by atoms with Gasteiger partial charge < -0.3 is 15.2 Å². The third kappa shape index (κ3) is 15.9. The molecular formula is C95H101N6O3+. The fourth-order valence-electron chi connectivity index (χ4n) is 14.4. The highest BCUT2D eigenvalue weighted by Crippen LogP contribution is 2.49. The Morgan fingerprint density at radius 1 is 0.423 bits per heavy atom. The number of aromatic nitrogens is 4. The monoisotopic (exact) mass is 1370 g/mol. The molecule has 0 aliphatic rings. The van der Waals surface area contributed by atoms with Crippen molar-refractivity contribution < 1.29 is 19.2 Å². The zero-order valence-corrected chi connectivity index (χ0v) is 63.6. The van der Waals surface area contributed by atoms with E-state index in [1.54, 1.807) is 10.9 Å². The summed E-state index contributed by atoms with van der Waals surface area (Å²) in [5, 5.41) is 23.0. The Labute approximate surface area is 617 Å². The number of carbonyl (C=O) groups is 1. The molecule has 104 heavy (non-hydrogen) atoms. The first kappa shape index (κ1) is 73.0. The van der Waals surface area contributed by atoms with Crippen molar-refractivity contribution in [3.63, 3.8) is 0 Å². The summed E-state index contributed by atoms with van der Waals surface area (Å²) >= 11 is 0. The number of anilines is 1. The van der Waals surface area contributed by atoms with Crippen LogP contribution in [0, 0.1) is 0 Å². The number of nitrogens with zero attached hydrogens (tertiary/aromatic N) is 5. The van der Waals surface area contributed by atoms with Crippen LogP contribution in [0.4, 0.5) is 5.69 Å². The minimum atomic E-state index is -0.666. The summed E-state index contributed by atoms with van der Waals surface area (Å²) in [6, 6.07) is 92.2. The maximum Gasteiger partial charge on any atom is 0.261 e. The second-order valence-corrected chi connectivity index (χ2v) is 33.3. The molecule has 0 aliphatic carbocycles. The van der Waals surface area contributed by atoms with E-state index in [-0.39, 0.29) is 51.3 Å². The van der Waals surface area contributed by atoms with Gasteiger partial charge in [-0.25, -0.2) is 14.2 Å². The number of aliphatic hydroxyl groups is 1. The second kappa shape index (κ2) is 29.2. The Bertz CT molecular complexity index is 4750. The third-order valence-corrected chi connectivity index (χ3v) is 20.5. The lowest BCUT2D eigenvalue weighted by Crippen LogP contribution is -2.31. The molecule has 1 amide bonds. The van der Waals surface area contributed by atoms with Crippen LogP contribution in [-0.4, -0.2) is 38.6 Å². The zero-order valence-electron chi connectivity index (χ0n) is 63.6. The Balaban J connectivity index is 0.689. The number of carbonyl (C=O) groups excluding carboxylic acids is 1. The summed E-state index contributed by atoms with van der Waals surface area (Å²) in [4.78, 5) is 18.6. The largest absolute Gasteiger partial charge is 0.492 e. The maximum absolute atomic E-state index is 14.2. The summed E-state index contributed by atoms with van der Waals surface area (Å²) in [7, 11) is 1.96. The fraction of sp³-hybridized carbons (Fsp3) is 0.274. The highest BCUT2D eigenvalue weighted by molar-refractivity contribution is 6.04. The molecule has 12 rings (SSSR count). The molecule has 2 aromatic heterocycles. The van der Waals surface area contributed by atoms with Gasteiger partial charge >= 0.3 is 0 Å². The normalized spacial score (nSPS) is 12.7. The third-order valence-electron chi connectivity index (χ3n) is 20.5. The number of hydrogen-bond acceptors (Lipinski definition) is 5. The van der Waals surface area contributed by atoms with Crippen molar-refractivity contribution in [1.29, 1.82) is 0 Å². The van der Waals surface area contributed by atoms with E-state index in [4.69, 9.17) is 4.74 Å². The molecule has 0 fully saturated rings. The number of pyridine rings is 1. The lowest BCUT2D eigenvalue weighted by molar-refractivity contribution is -0.672. The molecule has 0 saturated carbocycles. The van der Waals surface area contributed by atoms with Gasteiger partial charge in [0, 0.05) is 17.7 Å². The molecule has 0 bridgehead atoms. The minimum Gasteiger partial charge on any atom is -0.492 e. The molecule has 12 aromatic rings. The Morgan fingerprint density at radius 3 is 1.15 bits per heavy atom. The first-order chi connectivity index (χ1) is 49.3. The van der Waals surface area contributed by atoms with Crippen LogP contribution >= 0.6 is 0 Å². The highest BCUT2D eigenvalue weighted by Gasteiger charge is 2.41. The number of aliphatic imine (C=N–C) groups is 1. The number of rotatable bonds is 19. The minimum absolute atomic E-state index is 0.00302. The summed E-state index contributed by atoms with van der Waals surface area (Å²) in [6.07, 6.45) is 6.29. The van der Waals surface area contributed by atoms with Gasteiger partial charge in [0.1, 0.15) is 18.4 Å². The van der Waals surface area contributed by atoms with Crippen molar-refractivity contribution >= 4 is 17.5 Å². The van der Waals surface area contributed by atoms with Gasteiger partial charge in [0.25, 0.3) is 5.91 Å². The van der Waals surface area contributed by atoms with Gasteiger partial charge in [0.2, 0.25) is 5.90 Å². The average Bonchev–Trinajstić information content (AvgIpc) is 0.755. The average molecular weight is 1370 g/mol. The Hall–Kier alpha value is -10.8.